The number of nitrogens with zero attached hydrogens (tertiary/aromatic N) is 1. The van der Waals surface area contributed by atoms with Gasteiger partial charge in [0.15, 0.2) is 0 Å². The van der Waals surface area contributed by atoms with Gasteiger partial charge in [-0.2, -0.15) is 5.26 Å². The predicted molar refractivity (Wildman–Crippen MR) is 224 cm³/mol. The summed E-state index contributed by atoms with van der Waals surface area (Å²) in [4.78, 5) is 41.1. The van der Waals surface area contributed by atoms with Crippen LogP contribution in [0.2, 0.25) is 0 Å². The van der Waals surface area contributed by atoms with Crippen molar-refractivity contribution in [2.75, 3.05) is 19.0 Å². The molecule has 7 nitrogen and oxygen atoms in total. The van der Waals surface area contributed by atoms with Gasteiger partial charge in [0.2, 0.25) is 0 Å². The normalized spacial score (nSPS) is 14.2. The van der Waals surface area contributed by atoms with E-state index in [-0.39, 0.29) is 31.8 Å². The fourth-order valence-electron chi connectivity index (χ4n) is 5.92. The highest BCUT2D eigenvalue weighted by Gasteiger charge is 2.38. The van der Waals surface area contributed by atoms with Crippen molar-refractivity contribution in [1.82, 2.24) is 0 Å². The number of esters is 3. The molecule has 0 aliphatic carbocycles. The van der Waals surface area contributed by atoms with E-state index in [0.29, 0.717) is 10.1 Å². The van der Waals surface area contributed by atoms with Gasteiger partial charge >= 0.3 is 17.9 Å². The molecule has 0 aromatic heterocycles. The van der Waals surface area contributed by atoms with E-state index in [1.54, 1.807) is 25.6 Å². The first-order valence-corrected chi connectivity index (χ1v) is 22.7. The first-order valence-electron chi connectivity index (χ1n) is 20.4. The number of thiocarbonyl (C=S) groups is 1. The van der Waals surface area contributed by atoms with Crippen LogP contribution in [0.15, 0.2) is 0 Å². The third kappa shape index (κ3) is 26.5. The van der Waals surface area contributed by atoms with Gasteiger partial charge in [0.25, 0.3) is 0 Å². The predicted octanol–water partition coefficient (Wildman–Crippen LogP) is 12.4. The average Bonchev–Trinajstić information content (AvgIpc) is 3.08. The molecule has 0 bridgehead atoms. The topological polar surface area (TPSA) is 103 Å². The minimum atomic E-state index is -0.817. The summed E-state index contributed by atoms with van der Waals surface area (Å²) in [5, 5.41) is 9.10. The number of nitriles is 1. The Hall–Kier alpha value is -1.31. The van der Waals surface area contributed by atoms with Gasteiger partial charge in [0.05, 0.1) is 36.5 Å². The van der Waals surface area contributed by atoms with Gasteiger partial charge in [0, 0.05) is 0 Å². The number of hydrogen-bond donors (Lipinski definition) is 0. The van der Waals surface area contributed by atoms with Crippen molar-refractivity contribution in [3.05, 3.63) is 0 Å². The van der Waals surface area contributed by atoms with Gasteiger partial charge < -0.3 is 14.2 Å². The molecule has 0 spiro atoms. The first kappa shape index (κ1) is 50.7. The highest BCUT2D eigenvalue weighted by molar-refractivity contribution is 8.47. The van der Waals surface area contributed by atoms with Gasteiger partial charge in [-0.25, -0.2) is 0 Å². The standard InChI is InChI=1S/C42H75NO6S3/c1-10-14-17-18-19-20-21-22-23-24-27-51-40(50)52-36(39(46)49-41(5,6)7)29-34(37(44)48-31-33(13-4)25-15-11-2)28-35(30-42(8,9)32-43)38(45)47-26-16-12-3/h33-36H,10-31H2,1-9H3. The Morgan fingerprint density at radius 1 is 0.712 bits per heavy atom. The lowest BCUT2D eigenvalue weighted by molar-refractivity contribution is -0.156. The Morgan fingerprint density at radius 2 is 1.27 bits per heavy atom. The van der Waals surface area contributed by atoms with Gasteiger partial charge in [-0.05, 0) is 84.8 Å². The number of thioether (sulfide) groups is 2. The Kier molecular flexibility index (Phi) is 29.2. The van der Waals surface area contributed by atoms with Crippen molar-refractivity contribution in [3.8, 4) is 6.07 Å². The lowest BCUT2D eigenvalue weighted by atomic mass is 9.79. The van der Waals surface area contributed by atoms with E-state index in [4.69, 9.17) is 26.4 Å². The highest BCUT2D eigenvalue weighted by atomic mass is 32.2. The molecule has 0 aliphatic heterocycles. The molecule has 0 saturated carbocycles. The van der Waals surface area contributed by atoms with E-state index in [0.717, 1.165) is 57.1 Å². The van der Waals surface area contributed by atoms with Crippen LogP contribution in [0.4, 0.5) is 0 Å². The minimum Gasteiger partial charge on any atom is -0.465 e. The number of carbonyl (C=O) groups excluding carboxylic acids is 3. The zero-order chi connectivity index (χ0) is 39.4. The SMILES string of the molecule is CCCCCCCCCCCCSC(=S)SC(CC(CC(CC(C)(C)C#N)C(=O)OCCCC)C(=O)OCC(CC)CCCC)C(=O)OC(C)(C)C. The van der Waals surface area contributed by atoms with Crippen LogP contribution in [0.5, 0.6) is 0 Å². The molecule has 0 rings (SSSR count). The third-order valence-corrected chi connectivity index (χ3v) is 12.0. The van der Waals surface area contributed by atoms with Gasteiger partial charge in [-0.15, -0.1) is 11.8 Å². The smallest absolute Gasteiger partial charge is 0.320 e. The number of carbonyl (C=O) groups is 3. The molecule has 0 amide bonds. The lowest BCUT2D eigenvalue weighted by Gasteiger charge is -2.29. The Morgan fingerprint density at radius 3 is 1.81 bits per heavy atom. The van der Waals surface area contributed by atoms with E-state index in [1.807, 2.05) is 27.7 Å². The van der Waals surface area contributed by atoms with E-state index in [2.05, 4.69) is 26.8 Å². The van der Waals surface area contributed by atoms with Crippen molar-refractivity contribution in [2.45, 2.75) is 195 Å². The molecule has 4 atom stereocenters. The summed E-state index contributed by atoms with van der Waals surface area (Å²) in [5.74, 6) is -1.69. The summed E-state index contributed by atoms with van der Waals surface area (Å²) < 4.78 is 18.1. The summed E-state index contributed by atoms with van der Waals surface area (Å²) in [6.45, 7) is 18.1. The van der Waals surface area contributed by atoms with Gasteiger partial charge in [-0.3, -0.25) is 14.4 Å². The number of unbranched alkanes of at least 4 members (excludes halogenated alkanes) is 11. The van der Waals surface area contributed by atoms with Crippen LogP contribution in [0.25, 0.3) is 0 Å². The molecule has 0 heterocycles. The molecule has 10 heteroatoms. The number of ether oxygens (including phenoxy) is 3. The Balaban J connectivity index is 5.98. The van der Waals surface area contributed by atoms with Crippen LogP contribution in [0, 0.1) is 34.5 Å². The van der Waals surface area contributed by atoms with Crippen LogP contribution in [0.3, 0.4) is 0 Å². The third-order valence-electron chi connectivity index (χ3n) is 9.17. The maximum atomic E-state index is 14.0. The Labute approximate surface area is 333 Å². The quantitative estimate of drug-likeness (QED) is 0.0303. The van der Waals surface area contributed by atoms with Crippen LogP contribution in [-0.4, -0.2) is 51.3 Å². The minimum absolute atomic E-state index is 0.106. The highest BCUT2D eigenvalue weighted by Crippen LogP contribution is 2.35. The molecule has 52 heavy (non-hydrogen) atoms. The first-order chi connectivity index (χ1) is 24.6. The second-order valence-electron chi connectivity index (χ2n) is 16.1. The maximum absolute atomic E-state index is 14.0. The molecule has 0 aromatic carbocycles. The summed E-state index contributed by atoms with van der Waals surface area (Å²) in [5.41, 5.74) is -1.55. The van der Waals surface area contributed by atoms with Crippen LogP contribution in [-0.2, 0) is 28.6 Å². The lowest BCUT2D eigenvalue weighted by Crippen LogP contribution is -2.36. The van der Waals surface area contributed by atoms with Crippen molar-refractivity contribution in [1.29, 1.82) is 5.26 Å². The molecule has 302 valence electrons. The summed E-state index contributed by atoms with van der Waals surface area (Å²) >= 11 is 8.64. The zero-order valence-electron chi connectivity index (χ0n) is 34.5. The van der Waals surface area contributed by atoms with Crippen molar-refractivity contribution in [3.63, 3.8) is 0 Å². The van der Waals surface area contributed by atoms with Gasteiger partial charge in [-0.1, -0.05) is 135 Å². The molecule has 0 radical (unpaired) electrons. The van der Waals surface area contributed by atoms with E-state index in [1.165, 1.54) is 63.1 Å². The Bertz CT molecular complexity index is 1040. The molecule has 0 fully saturated rings. The fraction of sp³-hybridized carbons (Fsp3) is 0.881. The molecular formula is C42H75NO6S3. The number of hydrogen-bond acceptors (Lipinski definition) is 10. The van der Waals surface area contributed by atoms with Crippen molar-refractivity contribution >= 4 is 57.2 Å². The second kappa shape index (κ2) is 30.0. The summed E-state index contributed by atoms with van der Waals surface area (Å²) in [7, 11) is 0. The molecule has 4 unspecified atom stereocenters. The van der Waals surface area contributed by atoms with Gasteiger partial charge in [0.1, 0.15) is 14.4 Å². The molecule has 0 aliphatic rings. The van der Waals surface area contributed by atoms with E-state index >= 15 is 0 Å². The average molecular weight is 786 g/mol. The van der Waals surface area contributed by atoms with E-state index < -0.39 is 46.0 Å². The monoisotopic (exact) mass is 785 g/mol. The number of rotatable bonds is 30. The van der Waals surface area contributed by atoms with E-state index in [9.17, 15) is 19.6 Å². The van der Waals surface area contributed by atoms with Crippen LogP contribution < -0.4 is 0 Å². The molecule has 0 N–H and O–H groups in total. The molecular weight excluding hydrogens is 711 g/mol. The largest absolute Gasteiger partial charge is 0.465 e. The second-order valence-corrected chi connectivity index (χ2v) is 19.6. The van der Waals surface area contributed by atoms with Crippen molar-refractivity contribution in [2.24, 2.45) is 23.2 Å². The van der Waals surface area contributed by atoms with Crippen LogP contribution in [0.1, 0.15) is 184 Å². The maximum Gasteiger partial charge on any atom is 0.320 e. The summed E-state index contributed by atoms with van der Waals surface area (Å²) in [6.07, 6.45) is 18.7. The summed E-state index contributed by atoms with van der Waals surface area (Å²) in [6, 6.07) is 2.30. The molecule has 0 saturated heterocycles. The molecule has 0 aromatic rings. The van der Waals surface area contributed by atoms with Crippen LogP contribution >= 0.6 is 35.7 Å². The van der Waals surface area contributed by atoms with Crippen molar-refractivity contribution < 1.29 is 28.6 Å². The zero-order valence-corrected chi connectivity index (χ0v) is 36.9. The fourth-order valence-corrected chi connectivity index (χ4v) is 8.61.